The van der Waals surface area contributed by atoms with Crippen molar-refractivity contribution in [2.45, 2.75) is 12.8 Å². The van der Waals surface area contributed by atoms with Crippen LogP contribution in [0.3, 0.4) is 0 Å². The van der Waals surface area contributed by atoms with Gasteiger partial charge >= 0.3 is 0 Å². The molecule has 5 heteroatoms. The zero-order valence-corrected chi connectivity index (χ0v) is 13.5. The van der Waals surface area contributed by atoms with Gasteiger partial charge in [-0.05, 0) is 42.7 Å². The van der Waals surface area contributed by atoms with E-state index in [2.05, 4.69) is 5.32 Å². The van der Waals surface area contributed by atoms with E-state index in [1.165, 1.54) is 12.1 Å². The highest BCUT2D eigenvalue weighted by molar-refractivity contribution is 6.13. The molecule has 1 N–H and O–H groups in total. The van der Waals surface area contributed by atoms with Crippen molar-refractivity contribution in [1.82, 2.24) is 5.32 Å². The summed E-state index contributed by atoms with van der Waals surface area (Å²) in [5.41, 5.74) is 0.431. The van der Waals surface area contributed by atoms with E-state index in [1.54, 1.807) is 24.1 Å². The minimum Gasteiger partial charge on any atom is -0.358 e. The standard InChI is InChI=1S/C19H19FN2O2/c1-21-17(23)19(13-14-5-3-2-4-6-14)11-12-22(18(19)24)16-9-7-15(20)8-10-16/h2-10H,11-13H2,1H3,(H,21,23)/t19-/m0/s1. The van der Waals surface area contributed by atoms with E-state index < -0.39 is 5.41 Å². The number of carbonyl (C=O) groups is 2. The monoisotopic (exact) mass is 326 g/mol. The first-order valence-electron chi connectivity index (χ1n) is 7.90. The van der Waals surface area contributed by atoms with Gasteiger partial charge in [0.2, 0.25) is 11.8 Å². The average Bonchev–Trinajstić information content (AvgIpc) is 2.93. The molecular weight excluding hydrogens is 307 g/mol. The molecule has 0 aromatic heterocycles. The summed E-state index contributed by atoms with van der Waals surface area (Å²) in [6.07, 6.45) is 0.780. The van der Waals surface area contributed by atoms with Gasteiger partial charge in [-0.3, -0.25) is 9.59 Å². The van der Waals surface area contributed by atoms with E-state index in [1.807, 2.05) is 30.3 Å². The summed E-state index contributed by atoms with van der Waals surface area (Å²) in [5.74, 6) is -0.870. The van der Waals surface area contributed by atoms with Crippen LogP contribution in [0.15, 0.2) is 54.6 Å². The molecule has 0 spiro atoms. The third kappa shape index (κ3) is 2.77. The molecule has 0 bridgehead atoms. The average molecular weight is 326 g/mol. The summed E-state index contributed by atoms with van der Waals surface area (Å²) >= 11 is 0. The van der Waals surface area contributed by atoms with E-state index in [9.17, 15) is 14.0 Å². The Hall–Kier alpha value is -2.69. The van der Waals surface area contributed by atoms with E-state index >= 15 is 0 Å². The molecule has 0 radical (unpaired) electrons. The molecule has 4 nitrogen and oxygen atoms in total. The number of rotatable bonds is 4. The number of nitrogens with zero attached hydrogens (tertiary/aromatic N) is 1. The Bertz CT molecular complexity index is 746. The predicted molar refractivity (Wildman–Crippen MR) is 90.0 cm³/mol. The Morgan fingerprint density at radius 1 is 1.17 bits per heavy atom. The second-order valence-electron chi connectivity index (χ2n) is 6.01. The molecule has 0 saturated carbocycles. The number of amides is 2. The summed E-state index contributed by atoms with van der Waals surface area (Å²) in [5, 5.41) is 2.63. The van der Waals surface area contributed by atoms with Gasteiger partial charge in [0, 0.05) is 19.3 Å². The first-order valence-corrected chi connectivity index (χ1v) is 7.90. The zero-order chi connectivity index (χ0) is 17.2. The third-order valence-corrected chi connectivity index (χ3v) is 4.57. The van der Waals surface area contributed by atoms with Gasteiger partial charge in [0.25, 0.3) is 0 Å². The van der Waals surface area contributed by atoms with Gasteiger partial charge in [-0.15, -0.1) is 0 Å². The van der Waals surface area contributed by atoms with Gasteiger partial charge in [0.15, 0.2) is 0 Å². The third-order valence-electron chi connectivity index (χ3n) is 4.57. The highest BCUT2D eigenvalue weighted by Gasteiger charge is 2.52. The number of anilines is 1. The van der Waals surface area contributed by atoms with Gasteiger partial charge in [-0.2, -0.15) is 0 Å². The van der Waals surface area contributed by atoms with Crippen molar-refractivity contribution in [3.63, 3.8) is 0 Å². The number of hydrogen-bond acceptors (Lipinski definition) is 2. The number of nitrogens with one attached hydrogen (secondary N) is 1. The van der Waals surface area contributed by atoms with Crippen molar-refractivity contribution < 1.29 is 14.0 Å². The molecule has 2 aromatic carbocycles. The lowest BCUT2D eigenvalue weighted by molar-refractivity contribution is -0.139. The van der Waals surface area contributed by atoms with Crippen molar-refractivity contribution in [3.8, 4) is 0 Å². The molecule has 1 fully saturated rings. The Kier molecular flexibility index (Phi) is 4.34. The van der Waals surface area contributed by atoms with Gasteiger partial charge in [-0.25, -0.2) is 4.39 Å². The van der Waals surface area contributed by atoms with Gasteiger partial charge in [0.05, 0.1) is 0 Å². The first kappa shape index (κ1) is 16.2. The molecule has 0 aliphatic carbocycles. The molecule has 124 valence electrons. The maximum Gasteiger partial charge on any atom is 0.243 e. The normalized spacial score (nSPS) is 20.2. The molecule has 24 heavy (non-hydrogen) atoms. The summed E-state index contributed by atoms with van der Waals surface area (Å²) in [7, 11) is 1.54. The van der Waals surface area contributed by atoms with E-state index in [0.717, 1.165) is 5.56 Å². The van der Waals surface area contributed by atoms with Gasteiger partial charge in [-0.1, -0.05) is 30.3 Å². The summed E-state index contributed by atoms with van der Waals surface area (Å²) < 4.78 is 13.1. The molecule has 0 unspecified atom stereocenters. The molecule has 2 aromatic rings. The number of hydrogen-bond donors (Lipinski definition) is 1. The molecule has 1 saturated heterocycles. The fourth-order valence-corrected chi connectivity index (χ4v) is 3.28. The van der Waals surface area contributed by atoms with E-state index in [0.29, 0.717) is 25.1 Å². The predicted octanol–water partition coefficient (Wildman–Crippen LogP) is 2.54. The number of benzene rings is 2. The van der Waals surface area contributed by atoms with Crippen LogP contribution < -0.4 is 10.2 Å². The number of carbonyl (C=O) groups excluding carboxylic acids is 2. The molecule has 2 amide bonds. The van der Waals surface area contributed by atoms with Crippen molar-refractivity contribution in [2.24, 2.45) is 5.41 Å². The first-order chi connectivity index (χ1) is 11.6. The Morgan fingerprint density at radius 2 is 1.83 bits per heavy atom. The van der Waals surface area contributed by atoms with Gasteiger partial charge < -0.3 is 10.2 Å². The molecular formula is C19H19FN2O2. The maximum absolute atomic E-state index is 13.1. The van der Waals surface area contributed by atoms with Crippen LogP contribution >= 0.6 is 0 Å². The van der Waals surface area contributed by atoms with Crippen molar-refractivity contribution in [2.75, 3.05) is 18.5 Å². The van der Waals surface area contributed by atoms with Crippen molar-refractivity contribution >= 4 is 17.5 Å². The van der Waals surface area contributed by atoms with Crippen LogP contribution in [0.4, 0.5) is 10.1 Å². The highest BCUT2D eigenvalue weighted by atomic mass is 19.1. The smallest absolute Gasteiger partial charge is 0.243 e. The van der Waals surface area contributed by atoms with Crippen molar-refractivity contribution in [1.29, 1.82) is 0 Å². The van der Waals surface area contributed by atoms with E-state index in [4.69, 9.17) is 0 Å². The van der Waals surface area contributed by atoms with E-state index in [-0.39, 0.29) is 17.6 Å². The van der Waals surface area contributed by atoms with Crippen LogP contribution in [-0.2, 0) is 16.0 Å². The Balaban J connectivity index is 1.94. The SMILES string of the molecule is CNC(=O)[C@@]1(Cc2ccccc2)CCN(c2ccc(F)cc2)C1=O. The van der Waals surface area contributed by atoms with Gasteiger partial charge in [0.1, 0.15) is 11.2 Å². The summed E-state index contributed by atoms with van der Waals surface area (Å²) in [4.78, 5) is 27.2. The molecule has 1 aliphatic rings. The lowest BCUT2D eigenvalue weighted by Gasteiger charge is -2.26. The zero-order valence-electron chi connectivity index (χ0n) is 13.5. The van der Waals surface area contributed by atoms with Crippen LogP contribution in [0.5, 0.6) is 0 Å². The second kappa shape index (κ2) is 6.43. The fraction of sp³-hybridized carbons (Fsp3) is 0.263. The summed E-state index contributed by atoms with van der Waals surface area (Å²) in [6.45, 7) is 0.435. The number of halogens is 1. The van der Waals surface area contributed by atoms with Crippen LogP contribution in [-0.4, -0.2) is 25.4 Å². The molecule has 1 atom stereocenters. The molecule has 1 aliphatic heterocycles. The lowest BCUT2D eigenvalue weighted by Crippen LogP contribution is -2.47. The fourth-order valence-electron chi connectivity index (χ4n) is 3.28. The Morgan fingerprint density at radius 3 is 2.46 bits per heavy atom. The van der Waals surface area contributed by atoms with Crippen LogP contribution in [0.25, 0.3) is 0 Å². The largest absolute Gasteiger partial charge is 0.358 e. The summed E-state index contributed by atoms with van der Waals surface area (Å²) in [6, 6.07) is 15.3. The molecule has 1 heterocycles. The maximum atomic E-state index is 13.1. The minimum absolute atomic E-state index is 0.239. The molecule has 3 rings (SSSR count). The quantitative estimate of drug-likeness (QED) is 0.878. The van der Waals surface area contributed by atoms with Crippen LogP contribution in [0, 0.1) is 11.2 Å². The highest BCUT2D eigenvalue weighted by Crippen LogP contribution is 2.38. The topological polar surface area (TPSA) is 49.4 Å². The second-order valence-corrected chi connectivity index (χ2v) is 6.01. The Labute approximate surface area is 140 Å². The minimum atomic E-state index is -1.12. The van der Waals surface area contributed by atoms with Crippen LogP contribution in [0.1, 0.15) is 12.0 Å². The van der Waals surface area contributed by atoms with Crippen molar-refractivity contribution in [3.05, 3.63) is 66.0 Å². The van der Waals surface area contributed by atoms with Crippen LogP contribution in [0.2, 0.25) is 0 Å². The lowest BCUT2D eigenvalue weighted by atomic mass is 9.79.